The standard InChI is InChI=1S/C18H16FN3O3/c1-10-7-12(4-3-11(2)18(24)25)17(23)16(8-10)22-20-14-6-5-13(19)9-15(14)21-22/h5-9,23H,2-4H2,1H3,(H,24,25). The van der Waals surface area contributed by atoms with E-state index in [2.05, 4.69) is 16.8 Å². The zero-order chi connectivity index (χ0) is 18.1. The molecule has 25 heavy (non-hydrogen) atoms. The SMILES string of the molecule is C=C(CCc1cc(C)cc(-n2nc3ccc(F)cc3n2)c1O)C(=O)O. The first-order valence-electron chi connectivity index (χ1n) is 7.61. The van der Waals surface area contributed by atoms with Crippen LogP contribution in [0.2, 0.25) is 0 Å². The third-order valence-electron chi connectivity index (χ3n) is 3.87. The maximum Gasteiger partial charge on any atom is 0.330 e. The molecule has 0 spiro atoms. The van der Waals surface area contributed by atoms with Gasteiger partial charge in [-0.25, -0.2) is 9.18 Å². The number of benzene rings is 2. The van der Waals surface area contributed by atoms with Crippen LogP contribution >= 0.6 is 0 Å². The first-order valence-corrected chi connectivity index (χ1v) is 7.61. The van der Waals surface area contributed by atoms with E-state index in [9.17, 15) is 14.3 Å². The summed E-state index contributed by atoms with van der Waals surface area (Å²) < 4.78 is 13.3. The number of carboxylic acid groups (broad SMARTS) is 1. The van der Waals surface area contributed by atoms with Gasteiger partial charge in [0, 0.05) is 11.6 Å². The molecule has 0 aliphatic carbocycles. The molecule has 6 nitrogen and oxygen atoms in total. The van der Waals surface area contributed by atoms with Crippen molar-refractivity contribution in [3.8, 4) is 11.4 Å². The molecular weight excluding hydrogens is 325 g/mol. The van der Waals surface area contributed by atoms with E-state index in [0.717, 1.165) is 5.56 Å². The minimum absolute atomic E-state index is 0.0374. The maximum absolute atomic E-state index is 13.3. The van der Waals surface area contributed by atoms with Crippen LogP contribution in [0.1, 0.15) is 17.5 Å². The van der Waals surface area contributed by atoms with Gasteiger partial charge in [-0.3, -0.25) is 0 Å². The van der Waals surface area contributed by atoms with Gasteiger partial charge in [0.2, 0.25) is 0 Å². The molecule has 0 bridgehead atoms. The van der Waals surface area contributed by atoms with E-state index in [1.807, 2.05) is 6.92 Å². The highest BCUT2D eigenvalue weighted by atomic mass is 19.1. The van der Waals surface area contributed by atoms with Gasteiger partial charge in [0.25, 0.3) is 0 Å². The van der Waals surface area contributed by atoms with Gasteiger partial charge in [0.15, 0.2) is 0 Å². The molecule has 1 aromatic heterocycles. The number of phenols is 1. The van der Waals surface area contributed by atoms with Gasteiger partial charge in [0.1, 0.15) is 28.3 Å². The lowest BCUT2D eigenvalue weighted by Crippen LogP contribution is -2.04. The fourth-order valence-electron chi connectivity index (χ4n) is 2.56. The monoisotopic (exact) mass is 341 g/mol. The highest BCUT2D eigenvalue weighted by Crippen LogP contribution is 2.29. The number of carbonyl (C=O) groups is 1. The van der Waals surface area contributed by atoms with Crippen LogP contribution in [-0.2, 0) is 11.2 Å². The third-order valence-corrected chi connectivity index (χ3v) is 3.87. The molecule has 7 heteroatoms. The van der Waals surface area contributed by atoms with Crippen molar-refractivity contribution in [2.24, 2.45) is 0 Å². The fourth-order valence-corrected chi connectivity index (χ4v) is 2.56. The van der Waals surface area contributed by atoms with Crippen molar-refractivity contribution >= 4 is 17.0 Å². The number of halogens is 1. The number of hydrogen-bond acceptors (Lipinski definition) is 4. The zero-order valence-corrected chi connectivity index (χ0v) is 13.5. The van der Waals surface area contributed by atoms with Crippen LogP contribution in [0.3, 0.4) is 0 Å². The molecule has 0 amide bonds. The van der Waals surface area contributed by atoms with Crippen LogP contribution in [0.15, 0.2) is 42.5 Å². The Kier molecular flexibility index (Phi) is 4.22. The molecule has 128 valence electrons. The molecule has 0 saturated heterocycles. The Morgan fingerprint density at radius 2 is 1.96 bits per heavy atom. The van der Waals surface area contributed by atoms with Gasteiger partial charge < -0.3 is 10.2 Å². The highest BCUT2D eigenvalue weighted by molar-refractivity contribution is 5.85. The summed E-state index contributed by atoms with van der Waals surface area (Å²) in [6.07, 6.45) is 0.534. The number of aromatic nitrogens is 3. The summed E-state index contributed by atoms with van der Waals surface area (Å²) in [6.45, 7) is 5.34. The Hall–Kier alpha value is -3.22. The highest BCUT2D eigenvalue weighted by Gasteiger charge is 2.15. The molecular formula is C18H16FN3O3. The quantitative estimate of drug-likeness (QED) is 0.696. The molecule has 0 saturated carbocycles. The van der Waals surface area contributed by atoms with Gasteiger partial charge in [-0.2, -0.15) is 0 Å². The number of rotatable bonds is 5. The van der Waals surface area contributed by atoms with Crippen molar-refractivity contribution in [2.45, 2.75) is 19.8 Å². The number of aryl methyl sites for hydroxylation is 2. The molecule has 2 aromatic carbocycles. The summed E-state index contributed by atoms with van der Waals surface area (Å²) in [6, 6.07) is 7.56. The number of aromatic hydroxyl groups is 1. The Bertz CT molecular complexity index is 995. The number of hydrogen-bond donors (Lipinski definition) is 2. The number of carboxylic acids is 1. The summed E-state index contributed by atoms with van der Waals surface area (Å²) in [5.74, 6) is -1.51. The van der Waals surface area contributed by atoms with Gasteiger partial charge in [-0.05, 0) is 49.1 Å². The normalized spacial score (nSPS) is 11.0. The Morgan fingerprint density at radius 3 is 2.68 bits per heavy atom. The Labute approximate surface area is 142 Å². The maximum atomic E-state index is 13.3. The van der Waals surface area contributed by atoms with Gasteiger partial charge in [-0.1, -0.05) is 12.6 Å². The van der Waals surface area contributed by atoms with Gasteiger partial charge in [-0.15, -0.1) is 15.0 Å². The molecule has 0 aliphatic rings. The number of nitrogens with zero attached hydrogens (tertiary/aromatic N) is 3. The van der Waals surface area contributed by atoms with Crippen LogP contribution in [0.4, 0.5) is 4.39 Å². The van der Waals surface area contributed by atoms with Crippen molar-refractivity contribution in [3.63, 3.8) is 0 Å². The number of aliphatic carboxylic acids is 1. The minimum Gasteiger partial charge on any atom is -0.505 e. The van der Waals surface area contributed by atoms with E-state index in [0.29, 0.717) is 28.7 Å². The molecule has 2 N–H and O–H groups in total. The molecule has 3 rings (SSSR count). The minimum atomic E-state index is -1.06. The lowest BCUT2D eigenvalue weighted by atomic mass is 10.0. The Morgan fingerprint density at radius 1 is 1.24 bits per heavy atom. The smallest absolute Gasteiger partial charge is 0.330 e. The molecule has 0 atom stereocenters. The lowest BCUT2D eigenvalue weighted by Gasteiger charge is -2.11. The van der Waals surface area contributed by atoms with Gasteiger partial charge >= 0.3 is 5.97 Å². The predicted molar refractivity (Wildman–Crippen MR) is 90.3 cm³/mol. The summed E-state index contributed by atoms with van der Waals surface area (Å²) in [5, 5.41) is 27.9. The molecule has 1 heterocycles. The summed E-state index contributed by atoms with van der Waals surface area (Å²) >= 11 is 0. The van der Waals surface area contributed by atoms with Crippen LogP contribution in [0.25, 0.3) is 16.7 Å². The van der Waals surface area contributed by atoms with E-state index in [-0.39, 0.29) is 17.7 Å². The second-order valence-corrected chi connectivity index (χ2v) is 5.82. The average Bonchev–Trinajstić information content (AvgIpc) is 2.97. The average molecular weight is 341 g/mol. The van der Waals surface area contributed by atoms with Crippen molar-refractivity contribution in [1.29, 1.82) is 0 Å². The van der Waals surface area contributed by atoms with Crippen molar-refractivity contribution in [3.05, 3.63) is 59.4 Å². The van der Waals surface area contributed by atoms with E-state index in [4.69, 9.17) is 5.11 Å². The molecule has 0 fully saturated rings. The zero-order valence-electron chi connectivity index (χ0n) is 13.5. The van der Waals surface area contributed by atoms with E-state index < -0.39 is 11.8 Å². The molecule has 0 radical (unpaired) electrons. The van der Waals surface area contributed by atoms with Crippen molar-refractivity contribution in [2.75, 3.05) is 0 Å². The van der Waals surface area contributed by atoms with Crippen LogP contribution in [-0.4, -0.2) is 31.2 Å². The largest absolute Gasteiger partial charge is 0.505 e. The first-order chi connectivity index (χ1) is 11.8. The second-order valence-electron chi connectivity index (χ2n) is 5.82. The fraction of sp³-hybridized carbons (Fsp3) is 0.167. The Balaban J connectivity index is 2.00. The molecule has 0 aliphatic heterocycles. The van der Waals surface area contributed by atoms with Gasteiger partial charge in [0.05, 0.1) is 0 Å². The second kappa shape index (κ2) is 6.35. The summed E-state index contributed by atoms with van der Waals surface area (Å²) in [5.41, 5.74) is 2.74. The third kappa shape index (κ3) is 3.35. The van der Waals surface area contributed by atoms with Crippen molar-refractivity contribution < 1.29 is 19.4 Å². The summed E-state index contributed by atoms with van der Waals surface area (Å²) in [4.78, 5) is 12.1. The predicted octanol–water partition coefficient (Wildman–Crippen LogP) is 3.15. The topological polar surface area (TPSA) is 88.2 Å². The molecule has 0 unspecified atom stereocenters. The van der Waals surface area contributed by atoms with Crippen LogP contribution in [0.5, 0.6) is 5.75 Å². The van der Waals surface area contributed by atoms with E-state index >= 15 is 0 Å². The van der Waals surface area contributed by atoms with Crippen LogP contribution in [0, 0.1) is 12.7 Å². The van der Waals surface area contributed by atoms with Crippen molar-refractivity contribution in [1.82, 2.24) is 15.0 Å². The summed E-state index contributed by atoms with van der Waals surface area (Å²) in [7, 11) is 0. The lowest BCUT2D eigenvalue weighted by molar-refractivity contribution is -0.132. The number of fused-ring (bicyclic) bond motifs is 1. The number of phenolic OH excluding ortho intramolecular Hbond substituents is 1. The van der Waals surface area contributed by atoms with Crippen LogP contribution < -0.4 is 0 Å². The molecule has 3 aromatic rings. The van der Waals surface area contributed by atoms with E-state index in [1.165, 1.54) is 23.0 Å². The van der Waals surface area contributed by atoms with E-state index in [1.54, 1.807) is 12.1 Å². The first kappa shape index (κ1) is 16.6.